The summed E-state index contributed by atoms with van der Waals surface area (Å²) in [6.07, 6.45) is 0. The molecule has 0 N–H and O–H groups in total. The highest BCUT2D eigenvalue weighted by molar-refractivity contribution is 6.15. The zero-order chi connectivity index (χ0) is 48.9. The molecule has 0 unspecified atom stereocenters. The van der Waals surface area contributed by atoms with Crippen LogP contribution in [0.2, 0.25) is 0 Å². The third-order valence-corrected chi connectivity index (χ3v) is 16.7. The molecule has 348 valence electrons. The predicted molar refractivity (Wildman–Crippen MR) is 303 cm³/mol. The Kier molecular flexibility index (Phi) is 8.41. The summed E-state index contributed by atoms with van der Waals surface area (Å²) in [5.74, 6) is 1.79. The fourth-order valence-electron chi connectivity index (χ4n) is 13.5. The molecule has 11 aromatic carbocycles. The minimum absolute atomic E-state index is 0.152. The van der Waals surface area contributed by atoms with Crippen LogP contribution in [0.5, 0.6) is 11.5 Å². The van der Waals surface area contributed by atoms with Gasteiger partial charge in [0.25, 0.3) is 0 Å². The van der Waals surface area contributed by atoms with Crippen LogP contribution in [0.1, 0.15) is 47.2 Å². The number of para-hydroxylation sites is 4. The van der Waals surface area contributed by atoms with E-state index in [4.69, 9.17) is 9.15 Å². The van der Waals surface area contributed by atoms with Crippen LogP contribution >= 0.6 is 0 Å². The molecule has 0 saturated heterocycles. The average molecular weight is 947 g/mol. The first-order chi connectivity index (χ1) is 36.5. The normalized spacial score (nSPS) is 14.1. The van der Waals surface area contributed by atoms with Crippen molar-refractivity contribution in [3.8, 4) is 50.6 Å². The first-order valence-electron chi connectivity index (χ1n) is 25.7. The van der Waals surface area contributed by atoms with Gasteiger partial charge in [-0.2, -0.15) is 0 Å². The van der Waals surface area contributed by atoms with Crippen molar-refractivity contribution in [3.05, 3.63) is 276 Å². The maximum absolute atomic E-state index is 6.70. The molecular formula is C70H46N2O2. The van der Waals surface area contributed by atoms with E-state index in [-0.39, 0.29) is 5.41 Å². The van der Waals surface area contributed by atoms with Crippen molar-refractivity contribution in [1.82, 2.24) is 4.57 Å². The van der Waals surface area contributed by atoms with Crippen molar-refractivity contribution in [2.45, 2.75) is 24.7 Å². The molecule has 3 heterocycles. The number of rotatable bonds is 5. The number of nitrogens with zero attached hydrogens (tertiary/aromatic N) is 2. The molecule has 4 nitrogen and oxygen atoms in total. The highest BCUT2D eigenvalue weighted by atomic mass is 16.5. The van der Waals surface area contributed by atoms with Gasteiger partial charge in [0.05, 0.1) is 33.2 Å². The summed E-state index contributed by atoms with van der Waals surface area (Å²) in [5, 5.41) is 4.62. The second kappa shape index (κ2) is 15.1. The standard InChI is InChI=1S/C70H46N2O2/c1-69(2)53-23-9-7-21-48(53)67-57(69)27-16-28-60(67)72(61-29-17-33-66-68(61)49-22-8-13-30-63(49)73-66)46-37-34-43(35-38-46)44-36-39-59-51(40-44)52-41-50-47-20-6-10-24-54(47)70(58(50)42-62(52)71(59)45-18-4-3-5-19-45)55-25-11-14-31-64(55)74-65-32-15-12-26-56(65)70/h3-42H,1-2H3. The molecule has 1 spiro atoms. The Labute approximate surface area is 428 Å². The third-order valence-electron chi connectivity index (χ3n) is 16.7. The van der Waals surface area contributed by atoms with Crippen molar-refractivity contribution < 1.29 is 9.15 Å². The molecule has 74 heavy (non-hydrogen) atoms. The summed E-state index contributed by atoms with van der Waals surface area (Å²) in [5.41, 5.74) is 22.7. The summed E-state index contributed by atoms with van der Waals surface area (Å²) >= 11 is 0. The monoisotopic (exact) mass is 946 g/mol. The van der Waals surface area contributed by atoms with E-state index in [1.807, 2.05) is 6.07 Å². The number of furan rings is 1. The van der Waals surface area contributed by atoms with Gasteiger partial charge < -0.3 is 18.6 Å². The lowest BCUT2D eigenvalue weighted by molar-refractivity contribution is 0.436. The summed E-state index contributed by atoms with van der Waals surface area (Å²) in [7, 11) is 0. The van der Waals surface area contributed by atoms with Gasteiger partial charge in [0.2, 0.25) is 0 Å². The van der Waals surface area contributed by atoms with Crippen LogP contribution in [0.4, 0.5) is 17.1 Å². The number of benzene rings is 11. The Bertz CT molecular complexity index is 4450. The molecule has 2 aromatic heterocycles. The van der Waals surface area contributed by atoms with Crippen LogP contribution in [-0.4, -0.2) is 4.57 Å². The Morgan fingerprint density at radius 2 is 1.00 bits per heavy atom. The van der Waals surface area contributed by atoms with E-state index < -0.39 is 5.41 Å². The van der Waals surface area contributed by atoms with Crippen molar-refractivity contribution in [2.75, 3.05) is 4.90 Å². The largest absolute Gasteiger partial charge is 0.457 e. The van der Waals surface area contributed by atoms with E-state index in [0.29, 0.717) is 0 Å². The van der Waals surface area contributed by atoms with Gasteiger partial charge in [0.1, 0.15) is 22.7 Å². The molecule has 4 heteroatoms. The summed E-state index contributed by atoms with van der Waals surface area (Å²) in [6.45, 7) is 4.71. The van der Waals surface area contributed by atoms with Crippen LogP contribution in [0.15, 0.2) is 247 Å². The number of anilines is 3. The van der Waals surface area contributed by atoms with E-state index in [9.17, 15) is 0 Å². The maximum Gasteiger partial charge on any atom is 0.137 e. The fourth-order valence-corrected chi connectivity index (χ4v) is 13.5. The van der Waals surface area contributed by atoms with Gasteiger partial charge in [-0.1, -0.05) is 172 Å². The average Bonchev–Trinajstić information content (AvgIpc) is 4.22. The van der Waals surface area contributed by atoms with Crippen LogP contribution in [-0.2, 0) is 10.8 Å². The van der Waals surface area contributed by atoms with Crippen LogP contribution in [0.3, 0.4) is 0 Å². The molecule has 0 atom stereocenters. The minimum Gasteiger partial charge on any atom is -0.457 e. The highest BCUT2D eigenvalue weighted by Crippen LogP contribution is 2.63. The first-order valence-corrected chi connectivity index (χ1v) is 25.7. The van der Waals surface area contributed by atoms with Crippen LogP contribution in [0.25, 0.3) is 82.8 Å². The van der Waals surface area contributed by atoms with Crippen LogP contribution in [0, 0.1) is 0 Å². The van der Waals surface area contributed by atoms with E-state index >= 15 is 0 Å². The van der Waals surface area contributed by atoms with Gasteiger partial charge in [-0.05, 0) is 135 Å². The van der Waals surface area contributed by atoms with Crippen LogP contribution < -0.4 is 9.64 Å². The van der Waals surface area contributed by atoms with Crippen molar-refractivity contribution in [1.29, 1.82) is 0 Å². The molecule has 2 aliphatic carbocycles. The van der Waals surface area contributed by atoms with Gasteiger partial charge in [-0.3, -0.25) is 0 Å². The summed E-state index contributed by atoms with van der Waals surface area (Å²) < 4.78 is 15.7. The fraction of sp³-hybridized carbons (Fsp3) is 0.0571. The Hall–Kier alpha value is -9.38. The quantitative estimate of drug-likeness (QED) is 0.172. The van der Waals surface area contributed by atoms with Crippen molar-refractivity contribution in [2.24, 2.45) is 0 Å². The predicted octanol–water partition coefficient (Wildman–Crippen LogP) is 18.6. The Morgan fingerprint density at radius 1 is 0.392 bits per heavy atom. The van der Waals surface area contributed by atoms with Gasteiger partial charge in [0.15, 0.2) is 0 Å². The van der Waals surface area contributed by atoms with Crippen molar-refractivity contribution in [3.63, 3.8) is 0 Å². The maximum atomic E-state index is 6.70. The molecule has 1 aliphatic heterocycles. The zero-order valence-corrected chi connectivity index (χ0v) is 40.8. The molecule has 3 aliphatic rings. The molecular weight excluding hydrogens is 901 g/mol. The minimum atomic E-state index is -0.569. The number of hydrogen-bond acceptors (Lipinski definition) is 3. The van der Waals surface area contributed by atoms with Gasteiger partial charge in [0, 0.05) is 49.6 Å². The number of ether oxygens (including phenoxy) is 1. The molecule has 0 radical (unpaired) electrons. The number of hydrogen-bond donors (Lipinski definition) is 0. The molecule has 0 fully saturated rings. The third kappa shape index (κ3) is 5.46. The van der Waals surface area contributed by atoms with E-state index in [2.05, 4.69) is 260 Å². The Morgan fingerprint density at radius 3 is 1.80 bits per heavy atom. The number of aromatic nitrogens is 1. The van der Waals surface area contributed by atoms with E-state index in [0.717, 1.165) is 84.0 Å². The molecule has 0 amide bonds. The summed E-state index contributed by atoms with van der Waals surface area (Å²) in [6, 6.07) is 88.9. The summed E-state index contributed by atoms with van der Waals surface area (Å²) in [4.78, 5) is 2.46. The molecule has 0 bridgehead atoms. The zero-order valence-electron chi connectivity index (χ0n) is 40.8. The second-order valence-electron chi connectivity index (χ2n) is 20.7. The van der Waals surface area contributed by atoms with Crippen molar-refractivity contribution >= 4 is 60.8 Å². The van der Waals surface area contributed by atoms with E-state index in [1.165, 1.54) is 60.8 Å². The smallest absolute Gasteiger partial charge is 0.137 e. The highest BCUT2D eigenvalue weighted by Gasteiger charge is 2.51. The Balaban J connectivity index is 0.900. The molecule has 0 saturated carbocycles. The van der Waals surface area contributed by atoms with Gasteiger partial charge in [-0.25, -0.2) is 0 Å². The second-order valence-corrected chi connectivity index (χ2v) is 20.7. The first kappa shape index (κ1) is 41.3. The topological polar surface area (TPSA) is 30.5 Å². The lowest BCUT2D eigenvalue weighted by Gasteiger charge is -2.39. The van der Waals surface area contributed by atoms with E-state index in [1.54, 1.807) is 0 Å². The van der Waals surface area contributed by atoms with Gasteiger partial charge in [-0.15, -0.1) is 0 Å². The molecule has 13 aromatic rings. The SMILES string of the molecule is CC1(C)c2ccccc2-c2c(N(c3ccc(-c4ccc5c(c4)c4cc6c(cc4n5-c4ccccc4)C4(c5ccccc5Oc5ccccc54)c4ccccc4-6)cc3)c3cccc4oc5ccccc5c34)cccc21. The molecule has 16 rings (SSSR count). The van der Waals surface area contributed by atoms with Gasteiger partial charge >= 0.3 is 0 Å². The lowest BCUT2D eigenvalue weighted by atomic mass is 9.66. The number of fused-ring (bicyclic) bond motifs is 18. The lowest BCUT2D eigenvalue weighted by Crippen LogP contribution is -2.32.